The third-order valence-electron chi connectivity index (χ3n) is 3.36. The van der Waals surface area contributed by atoms with Gasteiger partial charge in [0.1, 0.15) is 0 Å². The molecule has 23 heavy (non-hydrogen) atoms. The number of hydrogen-bond donors (Lipinski definition) is 1. The minimum absolute atomic E-state index is 0.00946. The van der Waals surface area contributed by atoms with Gasteiger partial charge in [-0.05, 0) is 25.5 Å². The van der Waals surface area contributed by atoms with E-state index in [0.717, 1.165) is 5.75 Å². The Balaban J connectivity index is 1.90. The zero-order chi connectivity index (χ0) is 16.8. The van der Waals surface area contributed by atoms with E-state index in [2.05, 4.69) is 11.4 Å². The first-order valence-electron chi connectivity index (χ1n) is 7.14. The van der Waals surface area contributed by atoms with Crippen LogP contribution in [0.4, 0.5) is 11.4 Å². The van der Waals surface area contributed by atoms with Crippen molar-refractivity contribution in [1.29, 1.82) is 0 Å². The number of nitro groups is 1. The van der Waals surface area contributed by atoms with Crippen LogP contribution in [0.2, 0.25) is 0 Å². The van der Waals surface area contributed by atoms with E-state index in [1.54, 1.807) is 19.1 Å². The van der Waals surface area contributed by atoms with Crippen LogP contribution < -0.4 is 5.32 Å². The van der Waals surface area contributed by atoms with Crippen LogP contribution in [-0.4, -0.2) is 16.6 Å². The maximum absolute atomic E-state index is 12.0. The van der Waals surface area contributed by atoms with E-state index in [0.29, 0.717) is 17.0 Å². The van der Waals surface area contributed by atoms with Gasteiger partial charge in [0.15, 0.2) is 0 Å². The molecule has 0 aromatic heterocycles. The maximum Gasteiger partial charge on any atom is 0.274 e. The Bertz CT molecular complexity index is 732. The van der Waals surface area contributed by atoms with Crippen LogP contribution in [0.3, 0.4) is 0 Å². The van der Waals surface area contributed by atoms with Gasteiger partial charge in [-0.3, -0.25) is 14.9 Å². The summed E-state index contributed by atoms with van der Waals surface area (Å²) in [5.74, 6) is 0.894. The zero-order valence-corrected chi connectivity index (χ0v) is 13.9. The number of hydrogen-bond acceptors (Lipinski definition) is 4. The van der Waals surface area contributed by atoms with Crippen molar-refractivity contribution in [1.82, 2.24) is 0 Å². The van der Waals surface area contributed by atoms with Gasteiger partial charge < -0.3 is 5.32 Å². The first-order valence-corrected chi connectivity index (χ1v) is 8.30. The molecular weight excluding hydrogens is 312 g/mol. The van der Waals surface area contributed by atoms with Gasteiger partial charge in [-0.15, -0.1) is 11.8 Å². The molecule has 2 rings (SSSR count). The highest BCUT2D eigenvalue weighted by Gasteiger charge is 2.14. The van der Waals surface area contributed by atoms with Crippen molar-refractivity contribution in [3.8, 4) is 0 Å². The molecule has 0 fully saturated rings. The van der Waals surface area contributed by atoms with E-state index in [1.807, 2.05) is 25.1 Å². The summed E-state index contributed by atoms with van der Waals surface area (Å²) in [7, 11) is 0. The number of rotatable bonds is 6. The van der Waals surface area contributed by atoms with E-state index in [4.69, 9.17) is 0 Å². The van der Waals surface area contributed by atoms with Gasteiger partial charge in [-0.25, -0.2) is 0 Å². The molecule has 0 atom stereocenters. The van der Waals surface area contributed by atoms with Gasteiger partial charge in [-0.1, -0.05) is 35.9 Å². The number of nitrogens with zero attached hydrogens (tertiary/aromatic N) is 1. The highest BCUT2D eigenvalue weighted by molar-refractivity contribution is 7.99. The molecule has 0 aliphatic rings. The van der Waals surface area contributed by atoms with Gasteiger partial charge in [0.2, 0.25) is 5.91 Å². The molecule has 0 aliphatic carbocycles. The number of amides is 1. The zero-order valence-electron chi connectivity index (χ0n) is 13.0. The van der Waals surface area contributed by atoms with Crippen molar-refractivity contribution in [2.75, 3.05) is 11.1 Å². The fraction of sp³-hybridized carbons (Fsp3) is 0.235. The quantitative estimate of drug-likeness (QED) is 0.640. The number of nitrogens with one attached hydrogen (secondary N) is 1. The fourth-order valence-electron chi connectivity index (χ4n) is 2.21. The second-order valence-electron chi connectivity index (χ2n) is 5.24. The number of benzene rings is 2. The Morgan fingerprint density at radius 2 is 1.96 bits per heavy atom. The first-order chi connectivity index (χ1) is 11.0. The maximum atomic E-state index is 12.0. The minimum atomic E-state index is -0.447. The summed E-state index contributed by atoms with van der Waals surface area (Å²) < 4.78 is 0. The largest absolute Gasteiger partial charge is 0.325 e. The molecule has 120 valence electrons. The summed E-state index contributed by atoms with van der Waals surface area (Å²) in [5, 5.41) is 13.6. The number of anilines is 1. The molecular formula is C17H18N2O3S. The highest BCUT2D eigenvalue weighted by Crippen LogP contribution is 2.25. The third kappa shape index (κ3) is 4.82. The van der Waals surface area contributed by atoms with Crippen LogP contribution in [-0.2, 0) is 10.5 Å². The Kier molecular flexibility index (Phi) is 5.76. The molecule has 0 bridgehead atoms. The van der Waals surface area contributed by atoms with Crippen molar-refractivity contribution in [2.24, 2.45) is 0 Å². The monoisotopic (exact) mass is 330 g/mol. The third-order valence-corrected chi connectivity index (χ3v) is 4.36. The molecule has 0 saturated heterocycles. The number of carbonyl (C=O) groups is 1. The van der Waals surface area contributed by atoms with Crippen molar-refractivity contribution in [2.45, 2.75) is 19.6 Å². The average molecular weight is 330 g/mol. The fourth-order valence-corrected chi connectivity index (χ4v) is 2.98. The molecule has 0 spiro atoms. The molecule has 6 heteroatoms. The normalized spacial score (nSPS) is 10.3. The number of thioether (sulfide) groups is 1. The lowest BCUT2D eigenvalue weighted by Crippen LogP contribution is -2.15. The molecule has 1 amide bonds. The lowest BCUT2D eigenvalue weighted by molar-refractivity contribution is -0.385. The van der Waals surface area contributed by atoms with Gasteiger partial charge in [0.25, 0.3) is 5.69 Å². The van der Waals surface area contributed by atoms with E-state index < -0.39 is 4.92 Å². The summed E-state index contributed by atoms with van der Waals surface area (Å²) in [6.07, 6.45) is 0. The summed E-state index contributed by atoms with van der Waals surface area (Å²) in [4.78, 5) is 22.5. The van der Waals surface area contributed by atoms with E-state index in [9.17, 15) is 14.9 Å². The number of carbonyl (C=O) groups excluding carboxylic acids is 1. The minimum Gasteiger partial charge on any atom is -0.325 e. The van der Waals surface area contributed by atoms with Crippen molar-refractivity contribution < 1.29 is 9.72 Å². The highest BCUT2D eigenvalue weighted by atomic mass is 32.2. The molecule has 1 N–H and O–H groups in total. The molecule has 0 heterocycles. The van der Waals surface area contributed by atoms with Gasteiger partial charge in [0, 0.05) is 11.8 Å². The van der Waals surface area contributed by atoms with Gasteiger partial charge in [-0.2, -0.15) is 0 Å². The lowest BCUT2D eigenvalue weighted by atomic mass is 10.1. The molecule has 0 radical (unpaired) electrons. The van der Waals surface area contributed by atoms with Crippen LogP contribution in [0.1, 0.15) is 16.7 Å². The molecule has 2 aromatic carbocycles. The van der Waals surface area contributed by atoms with Crippen LogP contribution in [0.25, 0.3) is 0 Å². The van der Waals surface area contributed by atoms with Crippen LogP contribution in [0.15, 0.2) is 42.5 Å². The molecule has 0 unspecified atom stereocenters. The smallest absolute Gasteiger partial charge is 0.274 e. The second kappa shape index (κ2) is 7.78. The molecule has 2 aromatic rings. The Morgan fingerprint density at radius 1 is 1.22 bits per heavy atom. The van der Waals surface area contributed by atoms with E-state index in [1.165, 1.54) is 29.0 Å². The number of aryl methyl sites for hydroxylation is 1. The number of nitro benzene ring substituents is 1. The topological polar surface area (TPSA) is 72.2 Å². The Labute approximate surface area is 139 Å². The van der Waals surface area contributed by atoms with Crippen LogP contribution >= 0.6 is 11.8 Å². The van der Waals surface area contributed by atoms with E-state index in [-0.39, 0.29) is 11.6 Å². The van der Waals surface area contributed by atoms with Crippen molar-refractivity contribution in [3.05, 3.63) is 69.3 Å². The van der Waals surface area contributed by atoms with Gasteiger partial charge >= 0.3 is 0 Å². The van der Waals surface area contributed by atoms with Gasteiger partial charge in [0.05, 0.1) is 21.9 Å². The molecule has 0 saturated carbocycles. The SMILES string of the molecule is Cc1cccc(CSCC(=O)Nc2cccc([N+](=O)[O-])c2C)c1. The van der Waals surface area contributed by atoms with Crippen molar-refractivity contribution >= 4 is 29.0 Å². The Morgan fingerprint density at radius 3 is 2.65 bits per heavy atom. The summed E-state index contributed by atoms with van der Waals surface area (Å²) in [6, 6.07) is 12.8. The predicted molar refractivity (Wildman–Crippen MR) is 93.8 cm³/mol. The standard InChI is InChI=1S/C17H18N2O3S/c1-12-5-3-6-14(9-12)10-23-11-17(20)18-15-7-4-8-16(13(15)2)19(21)22/h3-9H,10-11H2,1-2H3,(H,18,20). The molecule has 5 nitrogen and oxygen atoms in total. The second-order valence-corrected chi connectivity index (χ2v) is 6.22. The summed E-state index contributed by atoms with van der Waals surface area (Å²) >= 11 is 1.51. The molecule has 0 aliphatic heterocycles. The average Bonchev–Trinajstić information content (AvgIpc) is 2.49. The van der Waals surface area contributed by atoms with Crippen LogP contribution in [0.5, 0.6) is 0 Å². The van der Waals surface area contributed by atoms with Crippen molar-refractivity contribution in [3.63, 3.8) is 0 Å². The predicted octanol–water partition coefficient (Wildman–Crippen LogP) is 4.08. The first kappa shape index (κ1) is 17.0. The summed E-state index contributed by atoms with van der Waals surface area (Å²) in [6.45, 7) is 3.67. The van der Waals surface area contributed by atoms with Crippen LogP contribution in [0, 0.1) is 24.0 Å². The van der Waals surface area contributed by atoms with E-state index >= 15 is 0 Å². The Hall–Kier alpha value is -2.34. The lowest BCUT2D eigenvalue weighted by Gasteiger charge is -2.08. The summed E-state index contributed by atoms with van der Waals surface area (Å²) in [5.41, 5.74) is 3.33.